The highest BCUT2D eigenvalue weighted by atomic mass is 16.3. The van der Waals surface area contributed by atoms with Crippen molar-refractivity contribution in [3.63, 3.8) is 0 Å². The van der Waals surface area contributed by atoms with E-state index < -0.39 is 0 Å². The predicted octanol–water partition coefficient (Wildman–Crippen LogP) is 2.84. The molecule has 0 aliphatic heterocycles. The molecule has 2 rings (SSSR count). The third-order valence-electron chi connectivity index (χ3n) is 3.02. The molecule has 0 saturated carbocycles. The fourth-order valence-electron chi connectivity index (χ4n) is 1.90. The molecule has 1 N–H and O–H groups in total. The second-order valence-electron chi connectivity index (χ2n) is 5.55. The van der Waals surface area contributed by atoms with Crippen molar-refractivity contribution in [1.82, 2.24) is 9.78 Å². The molecule has 3 heteroatoms. The monoisotopic (exact) mass is 244 g/mol. The lowest BCUT2D eigenvalue weighted by molar-refractivity contribution is 0.269. The van der Waals surface area contributed by atoms with Crippen molar-refractivity contribution in [2.75, 3.05) is 6.61 Å². The van der Waals surface area contributed by atoms with Gasteiger partial charge in [-0.05, 0) is 16.5 Å². The van der Waals surface area contributed by atoms with Crippen LogP contribution in [0.1, 0.15) is 26.3 Å². The lowest BCUT2D eigenvalue weighted by atomic mass is 9.86. The Balaban J connectivity index is 2.32. The first-order chi connectivity index (χ1) is 8.50. The van der Waals surface area contributed by atoms with Crippen molar-refractivity contribution in [3.8, 4) is 11.1 Å². The van der Waals surface area contributed by atoms with Crippen LogP contribution in [0.3, 0.4) is 0 Å². The highest BCUT2D eigenvalue weighted by molar-refractivity contribution is 5.62. The lowest BCUT2D eigenvalue weighted by Crippen LogP contribution is -2.10. The van der Waals surface area contributed by atoms with E-state index in [2.05, 4.69) is 50.1 Å². The van der Waals surface area contributed by atoms with E-state index in [1.54, 1.807) is 4.68 Å². The van der Waals surface area contributed by atoms with Gasteiger partial charge >= 0.3 is 0 Å². The highest BCUT2D eigenvalue weighted by Gasteiger charge is 2.14. The van der Waals surface area contributed by atoms with Gasteiger partial charge in [0.15, 0.2) is 0 Å². The number of aliphatic hydroxyl groups is 1. The summed E-state index contributed by atoms with van der Waals surface area (Å²) in [6, 6.07) is 8.54. The molecule has 3 nitrogen and oxygen atoms in total. The minimum atomic E-state index is 0.114. The number of nitrogens with zero attached hydrogens (tertiary/aromatic N) is 2. The molecule has 18 heavy (non-hydrogen) atoms. The van der Waals surface area contributed by atoms with Crippen LogP contribution in [0, 0.1) is 0 Å². The third-order valence-corrected chi connectivity index (χ3v) is 3.02. The van der Waals surface area contributed by atoms with Crippen LogP contribution in [-0.2, 0) is 12.0 Å². The Hall–Kier alpha value is -1.61. The number of aromatic nitrogens is 2. The van der Waals surface area contributed by atoms with Crippen molar-refractivity contribution in [3.05, 3.63) is 42.2 Å². The molecule has 0 spiro atoms. The molecular weight excluding hydrogens is 224 g/mol. The van der Waals surface area contributed by atoms with E-state index in [0.29, 0.717) is 6.54 Å². The average molecular weight is 244 g/mol. The van der Waals surface area contributed by atoms with Gasteiger partial charge in [-0.15, -0.1) is 0 Å². The van der Waals surface area contributed by atoms with Crippen molar-refractivity contribution in [2.45, 2.75) is 32.7 Å². The zero-order valence-corrected chi connectivity index (χ0v) is 11.2. The third kappa shape index (κ3) is 2.79. The van der Waals surface area contributed by atoms with E-state index in [0.717, 1.165) is 5.56 Å². The second kappa shape index (κ2) is 4.94. The van der Waals surface area contributed by atoms with Gasteiger partial charge in [0.2, 0.25) is 0 Å². The van der Waals surface area contributed by atoms with Crippen molar-refractivity contribution >= 4 is 0 Å². The van der Waals surface area contributed by atoms with E-state index in [1.807, 2.05) is 12.4 Å². The second-order valence-corrected chi connectivity index (χ2v) is 5.55. The molecule has 0 aliphatic carbocycles. The summed E-state index contributed by atoms with van der Waals surface area (Å²) in [5.41, 5.74) is 3.73. The Labute approximate surface area is 108 Å². The first-order valence-electron chi connectivity index (χ1n) is 6.25. The number of hydrogen-bond donors (Lipinski definition) is 1. The normalized spacial score (nSPS) is 11.8. The molecule has 0 bridgehead atoms. The molecule has 0 fully saturated rings. The van der Waals surface area contributed by atoms with Gasteiger partial charge in [0.25, 0.3) is 0 Å². The lowest BCUT2D eigenvalue weighted by Gasteiger charge is -2.19. The summed E-state index contributed by atoms with van der Waals surface area (Å²) in [5, 5.41) is 13.1. The predicted molar refractivity (Wildman–Crippen MR) is 73.4 cm³/mol. The van der Waals surface area contributed by atoms with Crippen molar-refractivity contribution < 1.29 is 5.11 Å². The summed E-state index contributed by atoms with van der Waals surface area (Å²) in [6.07, 6.45) is 3.81. The van der Waals surface area contributed by atoms with Gasteiger partial charge in [0, 0.05) is 11.8 Å². The fraction of sp³-hybridized carbons (Fsp3) is 0.400. The summed E-state index contributed by atoms with van der Waals surface area (Å²) >= 11 is 0. The van der Waals surface area contributed by atoms with Gasteiger partial charge in [0.05, 0.1) is 19.3 Å². The van der Waals surface area contributed by atoms with Gasteiger partial charge < -0.3 is 5.11 Å². The summed E-state index contributed by atoms with van der Waals surface area (Å²) in [7, 11) is 0. The molecule has 0 saturated heterocycles. The molecular formula is C15H20N2O. The molecule has 0 unspecified atom stereocenters. The van der Waals surface area contributed by atoms with E-state index >= 15 is 0 Å². The van der Waals surface area contributed by atoms with E-state index in [9.17, 15) is 0 Å². The minimum absolute atomic E-state index is 0.114. The fourth-order valence-corrected chi connectivity index (χ4v) is 1.90. The quantitative estimate of drug-likeness (QED) is 0.901. The minimum Gasteiger partial charge on any atom is -0.394 e. The maximum atomic E-state index is 8.89. The van der Waals surface area contributed by atoms with Crippen LogP contribution in [0.25, 0.3) is 11.1 Å². The summed E-state index contributed by atoms with van der Waals surface area (Å²) in [6.45, 7) is 7.28. The maximum absolute atomic E-state index is 8.89. The van der Waals surface area contributed by atoms with E-state index in [1.165, 1.54) is 11.1 Å². The van der Waals surface area contributed by atoms with E-state index in [-0.39, 0.29) is 12.0 Å². The van der Waals surface area contributed by atoms with Gasteiger partial charge in [-0.3, -0.25) is 4.68 Å². The Morgan fingerprint density at radius 3 is 2.67 bits per heavy atom. The largest absolute Gasteiger partial charge is 0.394 e. The van der Waals surface area contributed by atoms with Crippen LogP contribution in [0.5, 0.6) is 0 Å². The van der Waals surface area contributed by atoms with Crippen LogP contribution in [0.15, 0.2) is 36.7 Å². The van der Waals surface area contributed by atoms with Gasteiger partial charge in [-0.2, -0.15) is 5.10 Å². The molecule has 0 amide bonds. The van der Waals surface area contributed by atoms with Crippen LogP contribution >= 0.6 is 0 Å². The zero-order chi connectivity index (χ0) is 13.2. The standard InChI is InChI=1S/C15H20N2O/c1-15(2,3)14-6-4-5-12(9-14)13-10-16-17(11-13)7-8-18/h4-6,9-11,18H,7-8H2,1-3H3. The molecule has 1 aromatic carbocycles. The van der Waals surface area contributed by atoms with Crippen LogP contribution < -0.4 is 0 Å². The molecule has 0 aliphatic rings. The van der Waals surface area contributed by atoms with Gasteiger partial charge in [0.1, 0.15) is 0 Å². The summed E-state index contributed by atoms with van der Waals surface area (Å²) in [5.74, 6) is 0. The number of hydrogen-bond acceptors (Lipinski definition) is 2. The van der Waals surface area contributed by atoms with Crippen molar-refractivity contribution in [1.29, 1.82) is 0 Å². The SMILES string of the molecule is CC(C)(C)c1cccc(-c2cnn(CCO)c2)c1. The molecule has 2 aromatic rings. The van der Waals surface area contributed by atoms with Crippen LogP contribution in [0.4, 0.5) is 0 Å². The number of aliphatic hydroxyl groups excluding tert-OH is 1. The summed E-state index contributed by atoms with van der Waals surface area (Å²) < 4.78 is 1.76. The number of rotatable bonds is 3. The first kappa shape index (κ1) is 12.8. The zero-order valence-electron chi connectivity index (χ0n) is 11.2. The summed E-state index contributed by atoms with van der Waals surface area (Å²) in [4.78, 5) is 0. The smallest absolute Gasteiger partial charge is 0.0641 e. The Morgan fingerprint density at radius 1 is 1.22 bits per heavy atom. The Kier molecular flexibility index (Phi) is 3.53. The molecule has 96 valence electrons. The molecule has 1 heterocycles. The number of benzene rings is 1. The van der Waals surface area contributed by atoms with Crippen LogP contribution in [-0.4, -0.2) is 21.5 Å². The molecule has 1 aromatic heterocycles. The Morgan fingerprint density at radius 2 is 2.00 bits per heavy atom. The van der Waals surface area contributed by atoms with Crippen LogP contribution in [0.2, 0.25) is 0 Å². The average Bonchev–Trinajstić information content (AvgIpc) is 2.77. The highest BCUT2D eigenvalue weighted by Crippen LogP contribution is 2.27. The maximum Gasteiger partial charge on any atom is 0.0641 e. The molecule has 0 radical (unpaired) electrons. The van der Waals surface area contributed by atoms with Crippen molar-refractivity contribution in [2.24, 2.45) is 0 Å². The van der Waals surface area contributed by atoms with E-state index in [4.69, 9.17) is 5.11 Å². The van der Waals surface area contributed by atoms with Gasteiger partial charge in [-0.1, -0.05) is 45.0 Å². The van der Waals surface area contributed by atoms with Gasteiger partial charge in [-0.25, -0.2) is 0 Å². The first-order valence-corrected chi connectivity index (χ1v) is 6.25. The Bertz CT molecular complexity index is 523. The molecule has 0 atom stereocenters. The topological polar surface area (TPSA) is 38.0 Å².